The highest BCUT2D eigenvalue weighted by molar-refractivity contribution is 9.10. The molecule has 0 radical (unpaired) electrons. The summed E-state index contributed by atoms with van der Waals surface area (Å²) in [5, 5.41) is 6.54. The number of azide groups is 1. The van der Waals surface area contributed by atoms with Gasteiger partial charge < -0.3 is 14.8 Å². The zero-order valence-electron chi connectivity index (χ0n) is 11.9. The third-order valence-corrected chi connectivity index (χ3v) is 3.52. The van der Waals surface area contributed by atoms with Gasteiger partial charge in [0.1, 0.15) is 11.8 Å². The predicted octanol–water partition coefficient (Wildman–Crippen LogP) is 2.96. The zero-order valence-corrected chi connectivity index (χ0v) is 13.5. The Kier molecular flexibility index (Phi) is 7.60. The van der Waals surface area contributed by atoms with Gasteiger partial charge >= 0.3 is 5.97 Å². The Labute approximate surface area is 131 Å². The fourth-order valence-corrected chi connectivity index (χ4v) is 2.22. The normalized spacial score (nSPS) is 11.4. The van der Waals surface area contributed by atoms with Crippen molar-refractivity contribution in [3.05, 3.63) is 38.7 Å². The molecule has 0 saturated carbocycles. The molecule has 0 aromatic heterocycles. The van der Waals surface area contributed by atoms with E-state index in [4.69, 9.17) is 15.0 Å². The second-order valence-corrected chi connectivity index (χ2v) is 4.96. The van der Waals surface area contributed by atoms with Crippen molar-refractivity contribution in [3.8, 4) is 5.75 Å². The number of rotatable bonds is 8. The summed E-state index contributed by atoms with van der Waals surface area (Å²) in [7, 11) is 2.90. The quantitative estimate of drug-likeness (QED) is 0.254. The molecule has 0 aliphatic rings. The molecule has 0 aliphatic carbocycles. The molecule has 0 aliphatic heterocycles. The molecule has 0 saturated heterocycles. The van der Waals surface area contributed by atoms with E-state index >= 15 is 0 Å². The first-order valence-corrected chi connectivity index (χ1v) is 7.08. The second kappa shape index (κ2) is 9.23. The molecule has 8 heteroatoms. The van der Waals surface area contributed by atoms with Crippen LogP contribution in [0.3, 0.4) is 0 Å². The lowest BCUT2D eigenvalue weighted by atomic mass is 10.1. The molecule has 1 rings (SSSR count). The highest BCUT2D eigenvalue weighted by Crippen LogP contribution is 2.28. The van der Waals surface area contributed by atoms with Crippen molar-refractivity contribution in [1.29, 1.82) is 0 Å². The summed E-state index contributed by atoms with van der Waals surface area (Å²) in [5.74, 6) is 0.255. The van der Waals surface area contributed by atoms with Gasteiger partial charge in [-0.1, -0.05) is 21.0 Å². The molecule has 1 N–H and O–H groups in total. The van der Waals surface area contributed by atoms with Crippen LogP contribution in [0.1, 0.15) is 18.0 Å². The van der Waals surface area contributed by atoms with Gasteiger partial charge in [-0.25, -0.2) is 4.79 Å². The van der Waals surface area contributed by atoms with Crippen LogP contribution in [0, 0.1) is 0 Å². The van der Waals surface area contributed by atoms with Gasteiger partial charge in [-0.2, -0.15) is 0 Å². The fourth-order valence-electron chi connectivity index (χ4n) is 1.75. The topological polar surface area (TPSA) is 96.3 Å². The lowest BCUT2D eigenvalue weighted by Gasteiger charge is -2.18. The van der Waals surface area contributed by atoms with Gasteiger partial charge in [-0.15, -0.1) is 0 Å². The number of halogens is 1. The van der Waals surface area contributed by atoms with E-state index in [1.54, 1.807) is 19.2 Å². The monoisotopic (exact) mass is 356 g/mol. The van der Waals surface area contributed by atoms with Crippen LogP contribution in [0.5, 0.6) is 5.75 Å². The molecular weight excluding hydrogens is 340 g/mol. The van der Waals surface area contributed by atoms with E-state index in [1.807, 2.05) is 6.07 Å². The first kappa shape index (κ1) is 17.3. The summed E-state index contributed by atoms with van der Waals surface area (Å²) in [5.41, 5.74) is 8.94. The molecular formula is C13H17BrN4O3. The Morgan fingerprint density at radius 2 is 2.29 bits per heavy atom. The van der Waals surface area contributed by atoms with Gasteiger partial charge in [-0.05, 0) is 42.3 Å². The summed E-state index contributed by atoms with van der Waals surface area (Å²) < 4.78 is 10.8. The average molecular weight is 357 g/mol. The minimum Gasteiger partial charge on any atom is -0.497 e. The maximum absolute atomic E-state index is 12.0. The number of carbonyl (C=O) groups excluding carboxylic acids is 1. The number of methoxy groups -OCH3 is 2. The van der Waals surface area contributed by atoms with Gasteiger partial charge in [0.15, 0.2) is 0 Å². The van der Waals surface area contributed by atoms with E-state index in [1.165, 1.54) is 7.11 Å². The number of nitrogens with one attached hydrogen (secondary N) is 1. The molecule has 7 nitrogen and oxygen atoms in total. The minimum atomic E-state index is -0.620. The lowest BCUT2D eigenvalue weighted by Crippen LogP contribution is -2.31. The van der Waals surface area contributed by atoms with Gasteiger partial charge in [0.05, 0.1) is 14.2 Å². The van der Waals surface area contributed by atoms with Crippen LogP contribution in [0.15, 0.2) is 27.8 Å². The number of carbonyl (C=O) groups is 1. The zero-order chi connectivity index (χ0) is 15.7. The van der Waals surface area contributed by atoms with Gasteiger partial charge in [0.25, 0.3) is 0 Å². The molecule has 0 spiro atoms. The van der Waals surface area contributed by atoms with E-state index in [0.29, 0.717) is 25.3 Å². The van der Waals surface area contributed by atoms with Crippen LogP contribution in [0.2, 0.25) is 0 Å². The van der Waals surface area contributed by atoms with E-state index in [-0.39, 0.29) is 0 Å². The predicted molar refractivity (Wildman–Crippen MR) is 82.1 cm³/mol. The minimum absolute atomic E-state index is 0.372. The van der Waals surface area contributed by atoms with Crippen LogP contribution in [-0.4, -0.2) is 33.3 Å². The molecule has 0 bridgehead atoms. The van der Waals surface area contributed by atoms with Crippen molar-refractivity contribution < 1.29 is 14.3 Å². The highest BCUT2D eigenvalue weighted by atomic mass is 79.9. The van der Waals surface area contributed by atoms with Crippen molar-refractivity contribution >= 4 is 21.9 Å². The number of esters is 1. The Hall–Kier alpha value is -1.76. The summed E-state index contributed by atoms with van der Waals surface area (Å²) in [4.78, 5) is 14.6. The third-order valence-electron chi connectivity index (χ3n) is 2.80. The van der Waals surface area contributed by atoms with Gasteiger partial charge in [0, 0.05) is 15.9 Å². The first-order chi connectivity index (χ1) is 10.1. The number of nitrogens with zero attached hydrogens (tertiary/aromatic N) is 3. The van der Waals surface area contributed by atoms with Crippen molar-refractivity contribution in [1.82, 2.24) is 5.32 Å². The van der Waals surface area contributed by atoms with Crippen LogP contribution in [-0.2, 0) is 9.53 Å². The molecule has 1 aromatic carbocycles. The molecule has 0 fully saturated rings. The van der Waals surface area contributed by atoms with Gasteiger partial charge in [0.2, 0.25) is 0 Å². The van der Waals surface area contributed by atoms with E-state index in [2.05, 4.69) is 31.3 Å². The molecule has 0 heterocycles. The Balaban J connectivity index is 2.86. The molecule has 0 amide bonds. The molecule has 21 heavy (non-hydrogen) atoms. The van der Waals surface area contributed by atoms with Crippen LogP contribution >= 0.6 is 15.9 Å². The Morgan fingerprint density at radius 1 is 1.52 bits per heavy atom. The van der Waals surface area contributed by atoms with E-state index in [0.717, 1.165) is 10.0 Å². The first-order valence-electron chi connectivity index (χ1n) is 6.29. The lowest BCUT2D eigenvalue weighted by molar-refractivity contribution is -0.143. The average Bonchev–Trinajstić information content (AvgIpc) is 2.51. The fraction of sp³-hybridized carbons (Fsp3) is 0.462. The Morgan fingerprint density at radius 3 is 2.90 bits per heavy atom. The van der Waals surface area contributed by atoms with Crippen molar-refractivity contribution in [2.75, 3.05) is 27.3 Å². The standard InChI is InChI=1S/C13H17BrN4O3/c1-20-9-4-5-11(14)10(8-9)12(13(19)21-2)16-6-3-7-17-18-15/h4-5,8,12,16H,3,6-7H2,1-2H3. The second-order valence-electron chi connectivity index (χ2n) is 4.11. The smallest absolute Gasteiger partial charge is 0.327 e. The van der Waals surface area contributed by atoms with E-state index in [9.17, 15) is 4.79 Å². The molecule has 1 atom stereocenters. The SMILES string of the molecule is COC(=O)C(NCCCN=[N+]=[N-])c1cc(OC)ccc1Br. The van der Waals surface area contributed by atoms with Gasteiger partial charge in [-0.3, -0.25) is 0 Å². The van der Waals surface area contributed by atoms with Crippen LogP contribution < -0.4 is 10.1 Å². The van der Waals surface area contributed by atoms with Crippen LogP contribution in [0.4, 0.5) is 0 Å². The Bertz CT molecular complexity index is 532. The molecule has 1 unspecified atom stereocenters. The number of benzene rings is 1. The van der Waals surface area contributed by atoms with Crippen molar-refractivity contribution in [2.45, 2.75) is 12.5 Å². The number of ether oxygens (including phenoxy) is 2. The third kappa shape index (κ3) is 5.26. The van der Waals surface area contributed by atoms with E-state index < -0.39 is 12.0 Å². The van der Waals surface area contributed by atoms with Crippen molar-refractivity contribution in [2.24, 2.45) is 5.11 Å². The summed E-state index contributed by atoms with van der Waals surface area (Å²) >= 11 is 3.42. The largest absolute Gasteiger partial charge is 0.497 e. The maximum atomic E-state index is 12.0. The molecule has 1 aromatic rings. The summed E-state index contributed by atoms with van der Waals surface area (Å²) in [6.45, 7) is 0.888. The maximum Gasteiger partial charge on any atom is 0.327 e. The summed E-state index contributed by atoms with van der Waals surface area (Å²) in [6, 6.07) is 4.76. The summed E-state index contributed by atoms with van der Waals surface area (Å²) in [6.07, 6.45) is 0.624. The van der Waals surface area contributed by atoms with Crippen LogP contribution in [0.25, 0.3) is 10.4 Å². The molecule has 114 valence electrons. The number of hydrogen-bond acceptors (Lipinski definition) is 5. The van der Waals surface area contributed by atoms with Crippen molar-refractivity contribution in [3.63, 3.8) is 0 Å². The number of hydrogen-bond donors (Lipinski definition) is 1. The highest BCUT2D eigenvalue weighted by Gasteiger charge is 2.23.